The molecule has 0 amide bonds. The minimum Gasteiger partial charge on any atom is -0.411 e. The number of benzene rings is 1. The van der Waals surface area contributed by atoms with Crippen LogP contribution >= 0.6 is 11.6 Å². The van der Waals surface area contributed by atoms with E-state index >= 15 is 0 Å². The molecule has 1 aromatic carbocycles. The average Bonchev–Trinajstić information content (AvgIpc) is 2.41. The van der Waals surface area contributed by atoms with Crippen molar-refractivity contribution in [1.29, 1.82) is 0 Å². The first-order chi connectivity index (χ1) is 8.72. The highest BCUT2D eigenvalue weighted by molar-refractivity contribution is 6.30. The molecular formula is C14H19ClN2O. The summed E-state index contributed by atoms with van der Waals surface area (Å²) in [5.74, 6) is 0.385. The van der Waals surface area contributed by atoms with Gasteiger partial charge >= 0.3 is 0 Å². The van der Waals surface area contributed by atoms with Crippen LogP contribution in [0.1, 0.15) is 25.3 Å². The summed E-state index contributed by atoms with van der Waals surface area (Å²) >= 11 is 5.88. The number of nitrogens with zero attached hydrogens (tertiary/aromatic N) is 2. The summed E-state index contributed by atoms with van der Waals surface area (Å²) in [7, 11) is 0. The molecule has 4 heteroatoms. The van der Waals surface area contributed by atoms with Crippen LogP contribution in [0.4, 0.5) is 0 Å². The molecule has 0 bridgehead atoms. The van der Waals surface area contributed by atoms with Gasteiger partial charge in [0.25, 0.3) is 0 Å². The maximum atomic E-state index is 8.95. The monoisotopic (exact) mass is 266 g/mol. The Morgan fingerprint density at radius 3 is 2.72 bits per heavy atom. The maximum Gasteiger partial charge on any atom is 0.0627 e. The van der Waals surface area contributed by atoms with E-state index in [2.05, 4.69) is 29.1 Å². The van der Waals surface area contributed by atoms with Crippen molar-refractivity contribution in [2.75, 3.05) is 13.1 Å². The lowest BCUT2D eigenvalue weighted by molar-refractivity contribution is 0.220. The molecule has 1 saturated heterocycles. The van der Waals surface area contributed by atoms with Gasteiger partial charge in [0.15, 0.2) is 0 Å². The zero-order chi connectivity index (χ0) is 13.0. The van der Waals surface area contributed by atoms with Gasteiger partial charge in [-0.2, -0.15) is 0 Å². The fourth-order valence-corrected chi connectivity index (χ4v) is 2.60. The summed E-state index contributed by atoms with van der Waals surface area (Å²) in [5, 5.41) is 13.2. The average molecular weight is 267 g/mol. The first-order valence-electron chi connectivity index (χ1n) is 6.40. The van der Waals surface area contributed by atoms with E-state index in [1.54, 1.807) is 0 Å². The van der Waals surface area contributed by atoms with Gasteiger partial charge in [-0.15, -0.1) is 0 Å². The van der Waals surface area contributed by atoms with Crippen molar-refractivity contribution in [2.45, 2.75) is 26.3 Å². The lowest BCUT2D eigenvalue weighted by Crippen LogP contribution is -2.40. The number of rotatable bonds is 3. The van der Waals surface area contributed by atoms with Gasteiger partial charge in [-0.3, -0.25) is 4.90 Å². The van der Waals surface area contributed by atoms with Gasteiger partial charge in [-0.25, -0.2) is 0 Å². The van der Waals surface area contributed by atoms with Crippen LogP contribution in [0, 0.1) is 5.92 Å². The van der Waals surface area contributed by atoms with Crippen molar-refractivity contribution in [2.24, 2.45) is 11.1 Å². The second-order valence-corrected chi connectivity index (χ2v) is 5.24. The molecule has 1 aliphatic heterocycles. The second-order valence-electron chi connectivity index (χ2n) is 4.81. The van der Waals surface area contributed by atoms with Crippen LogP contribution in [0.5, 0.6) is 0 Å². The van der Waals surface area contributed by atoms with Gasteiger partial charge in [0.1, 0.15) is 0 Å². The van der Waals surface area contributed by atoms with E-state index in [0.29, 0.717) is 5.92 Å². The van der Waals surface area contributed by atoms with Gasteiger partial charge in [0, 0.05) is 37.0 Å². The summed E-state index contributed by atoms with van der Waals surface area (Å²) in [6, 6.07) is 8.00. The number of hydrogen-bond donors (Lipinski definition) is 1. The molecule has 1 unspecified atom stereocenters. The van der Waals surface area contributed by atoms with Crippen LogP contribution in [0.25, 0.3) is 0 Å². The Morgan fingerprint density at radius 1 is 1.39 bits per heavy atom. The van der Waals surface area contributed by atoms with Crippen molar-refractivity contribution >= 4 is 17.3 Å². The van der Waals surface area contributed by atoms with E-state index in [4.69, 9.17) is 16.8 Å². The van der Waals surface area contributed by atoms with Gasteiger partial charge in [0.05, 0.1) is 5.71 Å². The molecule has 98 valence electrons. The summed E-state index contributed by atoms with van der Waals surface area (Å²) in [6.07, 6.45) is 1.89. The normalized spacial score (nSPS) is 23.4. The summed E-state index contributed by atoms with van der Waals surface area (Å²) in [4.78, 5) is 2.41. The molecule has 2 rings (SSSR count). The lowest BCUT2D eigenvalue weighted by Gasteiger charge is -2.32. The van der Waals surface area contributed by atoms with Crippen LogP contribution in [0.3, 0.4) is 0 Å². The number of oxime groups is 1. The van der Waals surface area contributed by atoms with Crippen molar-refractivity contribution in [3.63, 3.8) is 0 Å². The Kier molecular flexibility index (Phi) is 4.61. The van der Waals surface area contributed by atoms with Crippen molar-refractivity contribution in [3.8, 4) is 0 Å². The molecule has 1 atom stereocenters. The molecule has 18 heavy (non-hydrogen) atoms. The van der Waals surface area contributed by atoms with Gasteiger partial charge in [-0.05, 0) is 24.1 Å². The van der Waals surface area contributed by atoms with Crippen LogP contribution in [0.15, 0.2) is 29.4 Å². The minimum atomic E-state index is 0.385. The molecular weight excluding hydrogens is 248 g/mol. The number of likely N-dealkylation sites (tertiary alicyclic amines) is 1. The third kappa shape index (κ3) is 3.24. The smallest absolute Gasteiger partial charge is 0.0627 e. The lowest BCUT2D eigenvalue weighted by atomic mass is 9.93. The minimum absolute atomic E-state index is 0.385. The third-order valence-electron chi connectivity index (χ3n) is 3.57. The van der Waals surface area contributed by atoms with Crippen molar-refractivity contribution < 1.29 is 5.21 Å². The molecule has 1 N–H and O–H groups in total. The largest absolute Gasteiger partial charge is 0.411 e. The van der Waals surface area contributed by atoms with Crippen LogP contribution < -0.4 is 0 Å². The molecule has 0 aromatic heterocycles. The fraction of sp³-hybridized carbons (Fsp3) is 0.500. The Balaban J connectivity index is 1.97. The molecule has 1 fully saturated rings. The van der Waals surface area contributed by atoms with Gasteiger partial charge < -0.3 is 5.21 Å². The molecule has 1 aromatic rings. The third-order valence-corrected chi connectivity index (χ3v) is 3.83. The summed E-state index contributed by atoms with van der Waals surface area (Å²) in [5.41, 5.74) is 2.23. The highest BCUT2D eigenvalue weighted by Crippen LogP contribution is 2.20. The van der Waals surface area contributed by atoms with Crippen LogP contribution in [0.2, 0.25) is 5.02 Å². The van der Waals surface area contributed by atoms with E-state index in [-0.39, 0.29) is 0 Å². The zero-order valence-electron chi connectivity index (χ0n) is 10.6. The van der Waals surface area contributed by atoms with Crippen LogP contribution in [-0.2, 0) is 6.54 Å². The molecule has 3 nitrogen and oxygen atoms in total. The highest BCUT2D eigenvalue weighted by Gasteiger charge is 2.24. The topological polar surface area (TPSA) is 35.8 Å². The van der Waals surface area contributed by atoms with Gasteiger partial charge in [-0.1, -0.05) is 35.8 Å². The van der Waals surface area contributed by atoms with Gasteiger partial charge in [0.2, 0.25) is 0 Å². The van der Waals surface area contributed by atoms with Crippen LogP contribution in [-0.4, -0.2) is 28.9 Å². The summed E-state index contributed by atoms with van der Waals surface area (Å²) < 4.78 is 0. The first-order valence-corrected chi connectivity index (χ1v) is 6.78. The number of halogens is 1. The van der Waals surface area contributed by atoms with E-state index in [1.165, 1.54) is 5.56 Å². The Morgan fingerprint density at radius 2 is 2.11 bits per heavy atom. The van der Waals surface area contributed by atoms with Crippen molar-refractivity contribution in [3.05, 3.63) is 34.9 Å². The van der Waals surface area contributed by atoms with Crippen molar-refractivity contribution in [1.82, 2.24) is 4.90 Å². The molecule has 1 aliphatic rings. The molecule has 0 spiro atoms. The SMILES string of the molecule is CCC1CN(Cc2ccc(Cl)cc2)CC/C1=N\O. The summed E-state index contributed by atoms with van der Waals surface area (Å²) in [6.45, 7) is 5.01. The van der Waals surface area contributed by atoms with E-state index in [1.807, 2.05) is 12.1 Å². The Bertz CT molecular complexity index is 416. The number of piperidine rings is 1. The Labute approximate surface area is 113 Å². The maximum absolute atomic E-state index is 8.95. The fourth-order valence-electron chi connectivity index (χ4n) is 2.47. The molecule has 1 heterocycles. The standard InChI is InChI=1S/C14H19ClN2O/c1-2-12-10-17(8-7-14(12)16-18)9-11-3-5-13(15)6-4-11/h3-6,12,18H,2,7-10H2,1H3/b16-14+. The molecule has 0 aliphatic carbocycles. The quantitative estimate of drug-likeness (QED) is 0.672. The zero-order valence-corrected chi connectivity index (χ0v) is 11.4. The van der Waals surface area contributed by atoms with E-state index in [9.17, 15) is 0 Å². The second kappa shape index (κ2) is 6.21. The Hall–Kier alpha value is -1.06. The number of hydrogen-bond acceptors (Lipinski definition) is 3. The first kappa shape index (κ1) is 13.4. The molecule has 0 saturated carbocycles. The van der Waals surface area contributed by atoms with E-state index < -0.39 is 0 Å². The van der Waals surface area contributed by atoms with E-state index in [0.717, 1.165) is 43.2 Å². The highest BCUT2D eigenvalue weighted by atomic mass is 35.5. The predicted octanol–water partition coefficient (Wildman–Crippen LogP) is 3.40. The molecule has 0 radical (unpaired) electrons. The predicted molar refractivity (Wildman–Crippen MR) is 74.3 cm³/mol.